The molecule has 0 saturated carbocycles. The van der Waals surface area contributed by atoms with Crippen molar-refractivity contribution < 1.29 is 23.8 Å². The number of amides is 2. The minimum Gasteiger partial charge on any atom is -0.490 e. The number of aromatic nitrogens is 1. The minimum absolute atomic E-state index is 0.191. The zero-order valence-corrected chi connectivity index (χ0v) is 17.7. The molecule has 30 heavy (non-hydrogen) atoms. The highest BCUT2D eigenvalue weighted by Gasteiger charge is 2.18. The number of hydrogen-bond donors (Lipinski definition) is 2. The number of pyridine rings is 1. The first kappa shape index (κ1) is 23.0. The van der Waals surface area contributed by atoms with E-state index in [1.165, 1.54) is 6.20 Å². The highest BCUT2D eigenvalue weighted by Crippen LogP contribution is 2.39. The first-order chi connectivity index (χ1) is 14.6. The lowest BCUT2D eigenvalue weighted by atomic mass is 10.1. The summed E-state index contributed by atoms with van der Waals surface area (Å²) in [5.41, 5.74) is 0.924. The number of benzene rings is 1. The lowest BCUT2D eigenvalue weighted by Gasteiger charge is -2.17. The van der Waals surface area contributed by atoms with Crippen LogP contribution in [-0.4, -0.2) is 49.7 Å². The summed E-state index contributed by atoms with van der Waals surface area (Å²) in [6, 6.07) is 6.70. The summed E-state index contributed by atoms with van der Waals surface area (Å²) in [4.78, 5) is 28.5. The molecule has 8 heteroatoms. The molecule has 0 radical (unpaired) electrons. The van der Waals surface area contributed by atoms with Gasteiger partial charge in [0.25, 0.3) is 11.8 Å². The number of carbonyl (C=O) groups excluding carboxylic acids is 2. The number of carbonyl (C=O) groups is 2. The summed E-state index contributed by atoms with van der Waals surface area (Å²) in [7, 11) is 0. The van der Waals surface area contributed by atoms with Gasteiger partial charge >= 0.3 is 0 Å². The minimum atomic E-state index is -0.251. The smallest absolute Gasteiger partial charge is 0.252 e. The Kier molecular flexibility index (Phi) is 9.44. The molecule has 1 aromatic heterocycles. The van der Waals surface area contributed by atoms with Crippen LogP contribution in [-0.2, 0) is 0 Å². The van der Waals surface area contributed by atoms with E-state index in [-0.39, 0.29) is 11.8 Å². The number of rotatable bonds is 12. The highest BCUT2D eigenvalue weighted by atomic mass is 16.5. The number of hydrogen-bond acceptors (Lipinski definition) is 6. The van der Waals surface area contributed by atoms with Gasteiger partial charge in [-0.3, -0.25) is 14.6 Å². The molecule has 0 aliphatic heterocycles. The van der Waals surface area contributed by atoms with Gasteiger partial charge in [-0.15, -0.1) is 0 Å². The fraction of sp³-hybridized carbons (Fsp3) is 0.409. The maximum absolute atomic E-state index is 12.6. The van der Waals surface area contributed by atoms with Gasteiger partial charge in [0.1, 0.15) is 0 Å². The van der Waals surface area contributed by atoms with Crippen molar-refractivity contribution in [2.75, 3.05) is 32.9 Å². The Balaban J connectivity index is 1.93. The predicted molar refractivity (Wildman–Crippen MR) is 113 cm³/mol. The lowest BCUT2D eigenvalue weighted by Crippen LogP contribution is -2.30. The van der Waals surface area contributed by atoms with E-state index >= 15 is 0 Å². The largest absolute Gasteiger partial charge is 0.490 e. The third kappa shape index (κ3) is 6.65. The maximum Gasteiger partial charge on any atom is 0.252 e. The maximum atomic E-state index is 12.6. The quantitative estimate of drug-likeness (QED) is 0.517. The molecule has 0 bridgehead atoms. The molecule has 0 atom stereocenters. The normalized spacial score (nSPS) is 10.2. The molecule has 1 heterocycles. The van der Waals surface area contributed by atoms with Crippen LogP contribution in [0.4, 0.5) is 0 Å². The van der Waals surface area contributed by atoms with Gasteiger partial charge < -0.3 is 24.8 Å². The molecule has 1 aromatic carbocycles. The molecular formula is C22H29N3O5. The van der Waals surface area contributed by atoms with Gasteiger partial charge in [-0.25, -0.2) is 0 Å². The van der Waals surface area contributed by atoms with Crippen LogP contribution in [0.25, 0.3) is 0 Å². The van der Waals surface area contributed by atoms with Gasteiger partial charge in [0, 0.05) is 31.0 Å². The molecule has 0 aliphatic carbocycles. The summed E-state index contributed by atoms with van der Waals surface area (Å²) in [5, 5.41) is 5.65. The third-order valence-electron chi connectivity index (χ3n) is 4.02. The Hall–Kier alpha value is -3.29. The van der Waals surface area contributed by atoms with Crippen molar-refractivity contribution in [3.63, 3.8) is 0 Å². The number of nitrogens with zero attached hydrogens (tertiary/aromatic N) is 1. The van der Waals surface area contributed by atoms with E-state index in [0.717, 1.165) is 0 Å². The van der Waals surface area contributed by atoms with Gasteiger partial charge in [0.05, 0.1) is 25.4 Å². The van der Waals surface area contributed by atoms with Crippen molar-refractivity contribution in [2.45, 2.75) is 27.2 Å². The monoisotopic (exact) mass is 415 g/mol. The van der Waals surface area contributed by atoms with E-state index in [2.05, 4.69) is 15.6 Å². The summed E-state index contributed by atoms with van der Waals surface area (Å²) >= 11 is 0. The van der Waals surface area contributed by atoms with Gasteiger partial charge in [-0.2, -0.15) is 0 Å². The van der Waals surface area contributed by atoms with E-state index < -0.39 is 0 Å². The average molecular weight is 415 g/mol. The van der Waals surface area contributed by atoms with E-state index in [4.69, 9.17) is 14.2 Å². The average Bonchev–Trinajstić information content (AvgIpc) is 2.76. The van der Waals surface area contributed by atoms with Gasteiger partial charge in [0.15, 0.2) is 11.5 Å². The van der Waals surface area contributed by atoms with Crippen LogP contribution in [0.5, 0.6) is 17.2 Å². The van der Waals surface area contributed by atoms with Crippen molar-refractivity contribution in [3.05, 3.63) is 47.8 Å². The molecule has 0 unspecified atom stereocenters. The molecule has 0 aliphatic rings. The Morgan fingerprint density at radius 1 is 0.867 bits per heavy atom. The van der Waals surface area contributed by atoms with Crippen LogP contribution in [0.2, 0.25) is 0 Å². The Bertz CT molecular complexity index is 800. The van der Waals surface area contributed by atoms with E-state index in [1.54, 1.807) is 30.5 Å². The molecule has 0 spiro atoms. The van der Waals surface area contributed by atoms with Crippen molar-refractivity contribution in [3.8, 4) is 17.2 Å². The first-order valence-electron chi connectivity index (χ1n) is 10.1. The van der Waals surface area contributed by atoms with Crippen LogP contribution in [0.1, 0.15) is 47.9 Å². The third-order valence-corrected chi connectivity index (χ3v) is 4.02. The summed E-state index contributed by atoms with van der Waals surface area (Å²) < 4.78 is 16.9. The van der Waals surface area contributed by atoms with Crippen LogP contribution in [0, 0.1) is 0 Å². The van der Waals surface area contributed by atoms with E-state index in [9.17, 15) is 9.59 Å². The Morgan fingerprint density at radius 2 is 1.43 bits per heavy atom. The zero-order valence-electron chi connectivity index (χ0n) is 17.7. The van der Waals surface area contributed by atoms with E-state index in [0.29, 0.717) is 67.7 Å². The predicted octanol–water partition coefficient (Wildman–Crippen LogP) is 2.83. The lowest BCUT2D eigenvalue weighted by molar-refractivity contribution is 0.0951. The van der Waals surface area contributed by atoms with Crippen LogP contribution >= 0.6 is 0 Å². The number of nitrogens with one attached hydrogen (secondary N) is 2. The van der Waals surface area contributed by atoms with E-state index in [1.807, 2.05) is 20.8 Å². The second kappa shape index (κ2) is 12.3. The topological polar surface area (TPSA) is 98.8 Å². The molecule has 2 amide bonds. The van der Waals surface area contributed by atoms with Crippen LogP contribution in [0.15, 0.2) is 36.7 Å². The van der Waals surface area contributed by atoms with Crippen LogP contribution in [0.3, 0.4) is 0 Å². The molecule has 2 rings (SSSR count). The zero-order chi connectivity index (χ0) is 21.8. The molecule has 2 aromatic rings. The second-order valence-electron chi connectivity index (χ2n) is 6.21. The van der Waals surface area contributed by atoms with Gasteiger partial charge in [-0.1, -0.05) is 0 Å². The fourth-order valence-corrected chi connectivity index (χ4v) is 2.71. The van der Waals surface area contributed by atoms with Crippen molar-refractivity contribution in [2.24, 2.45) is 0 Å². The molecule has 8 nitrogen and oxygen atoms in total. The number of ether oxygens (including phenoxy) is 3. The first-order valence-corrected chi connectivity index (χ1v) is 10.1. The van der Waals surface area contributed by atoms with Gasteiger partial charge in [-0.05, 0) is 51.5 Å². The standard InChI is InChI=1S/C22H29N3O5/c1-4-28-18-13-17(14-19(29-5-2)20(18)30-6-3)22(27)25-12-8-11-24-21(26)16-9-7-10-23-15-16/h7,9-10,13-15H,4-6,8,11-12H2,1-3H3,(H,24,26)(H,25,27). The fourth-order valence-electron chi connectivity index (χ4n) is 2.71. The summed E-state index contributed by atoms with van der Waals surface area (Å²) in [5.74, 6) is 0.997. The molecular weight excluding hydrogens is 386 g/mol. The molecule has 0 saturated heterocycles. The second-order valence-corrected chi connectivity index (χ2v) is 6.21. The highest BCUT2D eigenvalue weighted by molar-refractivity contribution is 5.95. The van der Waals surface area contributed by atoms with Crippen molar-refractivity contribution in [1.82, 2.24) is 15.6 Å². The van der Waals surface area contributed by atoms with Gasteiger partial charge in [0.2, 0.25) is 5.75 Å². The van der Waals surface area contributed by atoms with Crippen molar-refractivity contribution >= 4 is 11.8 Å². The molecule has 2 N–H and O–H groups in total. The Labute approximate surface area is 176 Å². The summed E-state index contributed by atoms with van der Waals surface area (Å²) in [6.07, 6.45) is 3.71. The Morgan fingerprint density at radius 3 is 1.93 bits per heavy atom. The molecule has 162 valence electrons. The molecule has 0 fully saturated rings. The summed E-state index contributed by atoms with van der Waals surface area (Å²) in [6.45, 7) is 7.78. The van der Waals surface area contributed by atoms with Crippen LogP contribution < -0.4 is 24.8 Å². The van der Waals surface area contributed by atoms with Crippen molar-refractivity contribution in [1.29, 1.82) is 0 Å². The SMILES string of the molecule is CCOc1cc(C(=O)NCCCNC(=O)c2cccnc2)cc(OCC)c1OCC.